The molecule has 0 spiro atoms. The van der Waals surface area contributed by atoms with Crippen LogP contribution in [0.15, 0.2) is 48.5 Å². The second-order valence-electron chi connectivity index (χ2n) is 5.33. The fourth-order valence-electron chi connectivity index (χ4n) is 2.24. The number of nitrogens with one attached hydrogen (secondary N) is 1. The van der Waals surface area contributed by atoms with Crippen LogP contribution in [0.2, 0.25) is 0 Å². The normalized spacial score (nSPS) is 11.7. The van der Waals surface area contributed by atoms with Crippen molar-refractivity contribution in [2.45, 2.75) is 26.3 Å². The number of benzene rings is 2. The SMILES string of the molecule is Cc1ccc(C(CC(=O)O)NC(=O)c2ccccc2)cc1C. The van der Waals surface area contributed by atoms with Gasteiger partial charge in [-0.15, -0.1) is 0 Å². The molecule has 4 heteroatoms. The molecule has 0 aromatic heterocycles. The summed E-state index contributed by atoms with van der Waals surface area (Å²) in [6, 6.07) is 14.0. The van der Waals surface area contributed by atoms with E-state index in [4.69, 9.17) is 5.11 Å². The zero-order chi connectivity index (χ0) is 16.1. The van der Waals surface area contributed by atoms with Gasteiger partial charge < -0.3 is 10.4 Å². The van der Waals surface area contributed by atoms with Crippen LogP contribution in [0.3, 0.4) is 0 Å². The van der Waals surface area contributed by atoms with Crippen LogP contribution < -0.4 is 5.32 Å². The van der Waals surface area contributed by atoms with E-state index >= 15 is 0 Å². The minimum Gasteiger partial charge on any atom is -0.481 e. The van der Waals surface area contributed by atoms with Gasteiger partial charge in [-0.05, 0) is 42.7 Å². The molecule has 0 heterocycles. The number of carboxylic acid groups (broad SMARTS) is 1. The zero-order valence-electron chi connectivity index (χ0n) is 12.7. The van der Waals surface area contributed by atoms with Gasteiger partial charge in [-0.3, -0.25) is 9.59 Å². The van der Waals surface area contributed by atoms with Crippen molar-refractivity contribution >= 4 is 11.9 Å². The average molecular weight is 297 g/mol. The van der Waals surface area contributed by atoms with E-state index in [2.05, 4.69) is 5.32 Å². The van der Waals surface area contributed by atoms with E-state index in [9.17, 15) is 9.59 Å². The third kappa shape index (κ3) is 3.95. The number of carboxylic acids is 1. The van der Waals surface area contributed by atoms with Gasteiger partial charge in [-0.1, -0.05) is 36.4 Å². The Balaban J connectivity index is 2.24. The highest BCUT2D eigenvalue weighted by Gasteiger charge is 2.19. The van der Waals surface area contributed by atoms with Crippen LogP contribution in [0.1, 0.15) is 39.5 Å². The van der Waals surface area contributed by atoms with Gasteiger partial charge >= 0.3 is 5.97 Å². The molecule has 1 atom stereocenters. The largest absolute Gasteiger partial charge is 0.481 e. The van der Waals surface area contributed by atoms with Crippen molar-refractivity contribution in [3.8, 4) is 0 Å². The quantitative estimate of drug-likeness (QED) is 0.890. The van der Waals surface area contributed by atoms with E-state index in [-0.39, 0.29) is 12.3 Å². The van der Waals surface area contributed by atoms with Crippen molar-refractivity contribution in [2.24, 2.45) is 0 Å². The lowest BCUT2D eigenvalue weighted by molar-refractivity contribution is -0.137. The maximum Gasteiger partial charge on any atom is 0.305 e. The molecule has 0 aliphatic heterocycles. The summed E-state index contributed by atoms with van der Waals surface area (Å²) in [5.74, 6) is -1.22. The monoisotopic (exact) mass is 297 g/mol. The van der Waals surface area contributed by atoms with E-state index in [1.54, 1.807) is 24.3 Å². The molecule has 0 bridgehead atoms. The Morgan fingerprint density at radius 1 is 1.05 bits per heavy atom. The lowest BCUT2D eigenvalue weighted by Crippen LogP contribution is -2.30. The Kier molecular flexibility index (Phi) is 4.94. The van der Waals surface area contributed by atoms with Gasteiger partial charge in [0, 0.05) is 5.56 Å². The highest BCUT2D eigenvalue weighted by atomic mass is 16.4. The molecule has 1 amide bonds. The van der Waals surface area contributed by atoms with Gasteiger partial charge in [0.05, 0.1) is 12.5 Å². The lowest BCUT2D eigenvalue weighted by Gasteiger charge is -2.18. The van der Waals surface area contributed by atoms with Crippen molar-refractivity contribution in [1.82, 2.24) is 5.32 Å². The summed E-state index contributed by atoms with van der Waals surface area (Å²) in [5, 5.41) is 11.9. The third-order valence-corrected chi connectivity index (χ3v) is 3.65. The summed E-state index contributed by atoms with van der Waals surface area (Å²) in [5.41, 5.74) is 3.52. The third-order valence-electron chi connectivity index (χ3n) is 3.65. The predicted molar refractivity (Wildman–Crippen MR) is 84.8 cm³/mol. The molecule has 0 saturated heterocycles. The van der Waals surface area contributed by atoms with Crippen molar-refractivity contribution in [3.63, 3.8) is 0 Å². The van der Waals surface area contributed by atoms with Gasteiger partial charge in [-0.2, -0.15) is 0 Å². The van der Waals surface area contributed by atoms with E-state index in [0.29, 0.717) is 5.56 Å². The van der Waals surface area contributed by atoms with Crippen LogP contribution in [-0.2, 0) is 4.79 Å². The highest BCUT2D eigenvalue weighted by Crippen LogP contribution is 2.20. The molecule has 0 saturated carbocycles. The first-order chi connectivity index (χ1) is 10.5. The summed E-state index contributed by atoms with van der Waals surface area (Å²) in [7, 11) is 0. The van der Waals surface area contributed by atoms with Crippen LogP contribution >= 0.6 is 0 Å². The molecule has 2 rings (SSSR count). The number of hydrogen-bond acceptors (Lipinski definition) is 2. The Morgan fingerprint density at radius 2 is 1.73 bits per heavy atom. The minimum atomic E-state index is -0.948. The van der Waals surface area contributed by atoms with E-state index in [1.807, 2.05) is 38.1 Å². The number of rotatable bonds is 5. The molecule has 0 radical (unpaired) electrons. The summed E-state index contributed by atoms with van der Waals surface area (Å²) in [4.78, 5) is 23.4. The van der Waals surface area contributed by atoms with Gasteiger partial charge in [0.2, 0.25) is 0 Å². The molecule has 2 N–H and O–H groups in total. The van der Waals surface area contributed by atoms with Gasteiger partial charge in [0.25, 0.3) is 5.91 Å². The first kappa shape index (κ1) is 15.8. The number of hydrogen-bond donors (Lipinski definition) is 2. The van der Waals surface area contributed by atoms with Crippen molar-refractivity contribution in [3.05, 3.63) is 70.8 Å². The molecular weight excluding hydrogens is 278 g/mol. The minimum absolute atomic E-state index is 0.152. The van der Waals surface area contributed by atoms with Gasteiger partial charge in [0.1, 0.15) is 0 Å². The highest BCUT2D eigenvalue weighted by molar-refractivity contribution is 5.94. The molecule has 0 fully saturated rings. The molecule has 1 unspecified atom stereocenters. The van der Waals surface area contributed by atoms with Crippen LogP contribution in [-0.4, -0.2) is 17.0 Å². The molecule has 0 aliphatic rings. The molecule has 2 aromatic carbocycles. The Morgan fingerprint density at radius 3 is 2.32 bits per heavy atom. The van der Waals surface area contributed by atoms with Crippen LogP contribution in [0.25, 0.3) is 0 Å². The molecule has 4 nitrogen and oxygen atoms in total. The van der Waals surface area contributed by atoms with Crippen LogP contribution in [0, 0.1) is 13.8 Å². The van der Waals surface area contributed by atoms with Crippen LogP contribution in [0.5, 0.6) is 0 Å². The number of aliphatic carboxylic acids is 1. The number of aryl methyl sites for hydroxylation is 2. The summed E-state index contributed by atoms with van der Waals surface area (Å²) >= 11 is 0. The van der Waals surface area contributed by atoms with Gasteiger partial charge in [0.15, 0.2) is 0 Å². The van der Waals surface area contributed by atoms with Crippen LogP contribution in [0.4, 0.5) is 0 Å². The summed E-state index contributed by atoms with van der Waals surface area (Å²) < 4.78 is 0. The number of carbonyl (C=O) groups excluding carboxylic acids is 1. The van der Waals surface area contributed by atoms with Crippen molar-refractivity contribution < 1.29 is 14.7 Å². The maximum absolute atomic E-state index is 12.3. The molecule has 114 valence electrons. The smallest absolute Gasteiger partial charge is 0.305 e. The van der Waals surface area contributed by atoms with E-state index < -0.39 is 12.0 Å². The topological polar surface area (TPSA) is 66.4 Å². The first-order valence-corrected chi connectivity index (χ1v) is 7.12. The van der Waals surface area contributed by atoms with Gasteiger partial charge in [-0.25, -0.2) is 0 Å². The Hall–Kier alpha value is -2.62. The Bertz CT molecular complexity index is 680. The predicted octanol–water partition coefficient (Wildman–Crippen LogP) is 3.25. The number of carbonyl (C=O) groups is 2. The van der Waals surface area contributed by atoms with E-state index in [0.717, 1.165) is 16.7 Å². The zero-order valence-corrected chi connectivity index (χ0v) is 12.7. The molecular formula is C18H19NO3. The van der Waals surface area contributed by atoms with E-state index in [1.165, 1.54) is 0 Å². The van der Waals surface area contributed by atoms with Crippen molar-refractivity contribution in [1.29, 1.82) is 0 Å². The molecule has 2 aromatic rings. The lowest BCUT2D eigenvalue weighted by atomic mass is 9.98. The standard InChI is InChI=1S/C18H19NO3/c1-12-8-9-15(10-13(12)2)16(11-17(20)21)19-18(22)14-6-4-3-5-7-14/h3-10,16H,11H2,1-2H3,(H,19,22)(H,20,21). The van der Waals surface area contributed by atoms with Crippen molar-refractivity contribution in [2.75, 3.05) is 0 Å². The molecule has 0 aliphatic carbocycles. The number of amides is 1. The summed E-state index contributed by atoms with van der Waals surface area (Å²) in [6.45, 7) is 3.96. The average Bonchev–Trinajstić information content (AvgIpc) is 2.49. The first-order valence-electron chi connectivity index (χ1n) is 7.12. The fourth-order valence-corrected chi connectivity index (χ4v) is 2.24. The maximum atomic E-state index is 12.3. The summed E-state index contributed by atoms with van der Waals surface area (Å²) in [6.07, 6.45) is -0.152. The Labute approximate surface area is 129 Å². The molecule has 22 heavy (non-hydrogen) atoms. The second kappa shape index (κ2) is 6.89. The second-order valence-corrected chi connectivity index (χ2v) is 5.33. The fraction of sp³-hybridized carbons (Fsp3) is 0.222.